The van der Waals surface area contributed by atoms with Gasteiger partial charge in [0.05, 0.1) is 12.5 Å². The maximum atomic E-state index is 13.6. The number of ether oxygens (including phenoxy) is 2. The zero-order chi connectivity index (χ0) is 24.5. The third-order valence-electron chi connectivity index (χ3n) is 6.57. The minimum Gasteiger partial charge on any atom is -0.497 e. The summed E-state index contributed by atoms with van der Waals surface area (Å²) in [6.45, 7) is 4.28. The number of aryl methyl sites for hydroxylation is 3. The highest BCUT2D eigenvalue weighted by molar-refractivity contribution is 5.95. The smallest absolute Gasteiger partial charge is 0.264 e. The van der Waals surface area contributed by atoms with Crippen LogP contribution in [0.1, 0.15) is 23.1 Å². The molecule has 5 rings (SSSR count). The van der Waals surface area contributed by atoms with Gasteiger partial charge in [0.25, 0.3) is 5.91 Å². The van der Waals surface area contributed by atoms with Crippen molar-refractivity contribution in [1.29, 1.82) is 0 Å². The third kappa shape index (κ3) is 4.28. The molecule has 178 valence electrons. The summed E-state index contributed by atoms with van der Waals surface area (Å²) in [6, 6.07) is 18.8. The summed E-state index contributed by atoms with van der Waals surface area (Å²) < 4.78 is 17.4. The Morgan fingerprint density at radius 2 is 1.77 bits per heavy atom. The molecule has 0 fully saturated rings. The highest BCUT2D eigenvalue weighted by Crippen LogP contribution is 2.33. The van der Waals surface area contributed by atoms with Crippen molar-refractivity contribution < 1.29 is 18.7 Å². The van der Waals surface area contributed by atoms with Crippen LogP contribution < -0.4 is 19.8 Å². The molecule has 0 aliphatic carbocycles. The van der Waals surface area contributed by atoms with Crippen LogP contribution in [0.5, 0.6) is 11.5 Å². The summed E-state index contributed by atoms with van der Waals surface area (Å²) in [5, 5.41) is 0.427. The number of hydrogen-bond donors (Lipinski definition) is 0. The Morgan fingerprint density at radius 3 is 2.54 bits per heavy atom. The Balaban J connectivity index is 1.54. The maximum absolute atomic E-state index is 13.6. The monoisotopic (exact) mass is 469 g/mol. The largest absolute Gasteiger partial charge is 0.497 e. The Bertz CT molecular complexity index is 1470. The molecular weight excluding hydrogens is 442 g/mol. The van der Waals surface area contributed by atoms with Gasteiger partial charge < -0.3 is 18.8 Å². The van der Waals surface area contributed by atoms with E-state index in [1.54, 1.807) is 36.3 Å². The fourth-order valence-electron chi connectivity index (χ4n) is 4.50. The standard InChI is InChI=1S/C29H27NO5/c1-18-15-23-25(16-19(18)2)35-28(21-10-12-22(33-3)13-11-21)29(27(23)32)34-17-26(31)30-14-6-8-20-7-4-5-9-24(20)30/h4-5,7,9-13,15-16H,6,8,14,17H2,1-3H3. The summed E-state index contributed by atoms with van der Waals surface area (Å²) in [5.74, 6) is 0.812. The van der Waals surface area contributed by atoms with Crippen LogP contribution in [0.2, 0.25) is 0 Å². The van der Waals surface area contributed by atoms with E-state index in [1.165, 1.54) is 0 Å². The fraction of sp³-hybridized carbons (Fsp3) is 0.241. The van der Waals surface area contributed by atoms with Crippen LogP contribution in [0.15, 0.2) is 69.9 Å². The lowest BCUT2D eigenvalue weighted by Crippen LogP contribution is -2.39. The number of carbonyl (C=O) groups is 1. The number of methoxy groups -OCH3 is 1. The van der Waals surface area contributed by atoms with E-state index in [0.29, 0.717) is 34.6 Å². The van der Waals surface area contributed by atoms with E-state index < -0.39 is 0 Å². The average molecular weight is 470 g/mol. The highest BCUT2D eigenvalue weighted by atomic mass is 16.5. The van der Waals surface area contributed by atoms with Crippen molar-refractivity contribution in [2.45, 2.75) is 26.7 Å². The fourth-order valence-corrected chi connectivity index (χ4v) is 4.50. The summed E-state index contributed by atoms with van der Waals surface area (Å²) in [6.07, 6.45) is 1.83. The molecule has 0 saturated heterocycles. The Morgan fingerprint density at radius 1 is 1.03 bits per heavy atom. The molecule has 1 aliphatic heterocycles. The van der Waals surface area contributed by atoms with E-state index in [1.807, 2.05) is 50.2 Å². The summed E-state index contributed by atoms with van der Waals surface area (Å²) >= 11 is 0. The maximum Gasteiger partial charge on any atom is 0.264 e. The molecule has 0 atom stereocenters. The van der Waals surface area contributed by atoms with Gasteiger partial charge in [-0.2, -0.15) is 0 Å². The number of benzene rings is 3. The first-order valence-electron chi connectivity index (χ1n) is 11.7. The topological polar surface area (TPSA) is 69.0 Å². The van der Waals surface area contributed by atoms with Crippen LogP contribution in [-0.2, 0) is 11.2 Å². The summed E-state index contributed by atoms with van der Waals surface area (Å²) in [7, 11) is 1.59. The summed E-state index contributed by atoms with van der Waals surface area (Å²) in [4.78, 5) is 28.5. The van der Waals surface area contributed by atoms with Gasteiger partial charge in [0.15, 0.2) is 12.4 Å². The minimum absolute atomic E-state index is 0.0320. The van der Waals surface area contributed by atoms with Crippen molar-refractivity contribution >= 4 is 22.6 Å². The first-order chi connectivity index (χ1) is 17.0. The van der Waals surface area contributed by atoms with E-state index in [9.17, 15) is 9.59 Å². The van der Waals surface area contributed by atoms with E-state index in [-0.39, 0.29) is 23.7 Å². The van der Waals surface area contributed by atoms with Gasteiger partial charge in [-0.3, -0.25) is 9.59 Å². The molecule has 6 heteroatoms. The molecule has 3 aromatic carbocycles. The van der Waals surface area contributed by atoms with Crippen molar-refractivity contribution in [3.8, 4) is 22.8 Å². The predicted octanol–water partition coefficient (Wildman–Crippen LogP) is 5.44. The first-order valence-corrected chi connectivity index (χ1v) is 11.7. The Kier molecular flexibility index (Phi) is 6.03. The van der Waals surface area contributed by atoms with E-state index >= 15 is 0 Å². The van der Waals surface area contributed by atoms with Crippen LogP contribution in [-0.4, -0.2) is 26.2 Å². The lowest BCUT2D eigenvalue weighted by molar-refractivity contribution is -0.120. The molecule has 0 saturated carbocycles. The van der Waals surface area contributed by atoms with Crippen LogP contribution >= 0.6 is 0 Å². The molecule has 1 aliphatic rings. The van der Waals surface area contributed by atoms with Gasteiger partial charge in [0, 0.05) is 17.8 Å². The van der Waals surface area contributed by atoms with Crippen LogP contribution in [0.3, 0.4) is 0 Å². The van der Waals surface area contributed by atoms with Crippen molar-refractivity contribution in [2.24, 2.45) is 0 Å². The number of rotatable bonds is 5. The van der Waals surface area contributed by atoms with Gasteiger partial charge in [-0.1, -0.05) is 18.2 Å². The molecule has 1 aromatic heterocycles. The molecule has 0 bridgehead atoms. The SMILES string of the molecule is COc1ccc(-c2oc3cc(C)c(C)cc3c(=O)c2OCC(=O)N2CCCc3ccccc32)cc1. The molecule has 2 heterocycles. The van der Waals surface area contributed by atoms with Crippen molar-refractivity contribution in [1.82, 2.24) is 0 Å². The number of carbonyl (C=O) groups excluding carboxylic acids is 1. The molecular formula is C29H27NO5. The van der Waals surface area contributed by atoms with Gasteiger partial charge >= 0.3 is 0 Å². The Labute approximate surface area is 203 Å². The Hall–Kier alpha value is -4.06. The van der Waals surface area contributed by atoms with E-state index in [2.05, 4.69) is 0 Å². The quantitative estimate of drug-likeness (QED) is 0.389. The van der Waals surface area contributed by atoms with Gasteiger partial charge in [0.1, 0.15) is 11.3 Å². The van der Waals surface area contributed by atoms with Gasteiger partial charge in [-0.25, -0.2) is 0 Å². The first kappa shape index (κ1) is 22.7. The van der Waals surface area contributed by atoms with E-state index in [4.69, 9.17) is 13.9 Å². The minimum atomic E-state index is -0.299. The molecule has 0 unspecified atom stereocenters. The number of amides is 1. The normalized spacial score (nSPS) is 12.9. The average Bonchev–Trinajstić information content (AvgIpc) is 2.89. The van der Waals surface area contributed by atoms with Gasteiger partial charge in [-0.05, 0) is 85.8 Å². The number of anilines is 1. The van der Waals surface area contributed by atoms with Crippen LogP contribution in [0.4, 0.5) is 5.69 Å². The molecule has 0 spiro atoms. The molecule has 1 amide bonds. The molecule has 6 nitrogen and oxygen atoms in total. The highest BCUT2D eigenvalue weighted by Gasteiger charge is 2.25. The third-order valence-corrected chi connectivity index (χ3v) is 6.57. The molecule has 4 aromatic rings. The molecule has 0 N–H and O–H groups in total. The zero-order valence-corrected chi connectivity index (χ0v) is 20.1. The second kappa shape index (κ2) is 9.29. The van der Waals surface area contributed by atoms with Gasteiger partial charge in [-0.15, -0.1) is 0 Å². The lowest BCUT2D eigenvalue weighted by Gasteiger charge is -2.29. The number of hydrogen-bond acceptors (Lipinski definition) is 5. The summed E-state index contributed by atoms with van der Waals surface area (Å²) in [5.41, 5.74) is 4.89. The van der Waals surface area contributed by atoms with Crippen molar-refractivity contribution in [3.63, 3.8) is 0 Å². The van der Waals surface area contributed by atoms with Gasteiger partial charge in [0.2, 0.25) is 11.2 Å². The van der Waals surface area contributed by atoms with E-state index in [0.717, 1.165) is 35.2 Å². The predicted molar refractivity (Wildman–Crippen MR) is 137 cm³/mol. The number of para-hydroxylation sites is 1. The van der Waals surface area contributed by atoms with Crippen LogP contribution in [0, 0.1) is 13.8 Å². The second-order valence-electron chi connectivity index (χ2n) is 8.82. The van der Waals surface area contributed by atoms with Crippen molar-refractivity contribution in [3.05, 3.63) is 87.6 Å². The lowest BCUT2D eigenvalue weighted by atomic mass is 10.0. The molecule has 35 heavy (non-hydrogen) atoms. The van der Waals surface area contributed by atoms with Crippen molar-refractivity contribution in [2.75, 3.05) is 25.2 Å². The number of fused-ring (bicyclic) bond motifs is 2. The number of nitrogens with zero attached hydrogens (tertiary/aromatic N) is 1. The van der Waals surface area contributed by atoms with Crippen LogP contribution in [0.25, 0.3) is 22.3 Å². The molecule has 0 radical (unpaired) electrons. The second-order valence-corrected chi connectivity index (χ2v) is 8.82. The zero-order valence-electron chi connectivity index (χ0n) is 20.1.